The lowest BCUT2D eigenvalue weighted by molar-refractivity contribution is -0.126. The third kappa shape index (κ3) is 4.31. The third-order valence-electron chi connectivity index (χ3n) is 7.50. The highest BCUT2D eigenvalue weighted by Crippen LogP contribution is 2.45. The highest BCUT2D eigenvalue weighted by molar-refractivity contribution is 6.36. The molecule has 1 amide bonds. The Morgan fingerprint density at radius 1 is 1.22 bits per heavy atom. The number of amides is 1. The molecule has 6 rings (SSSR count). The molecule has 0 unspecified atom stereocenters. The largest absolute Gasteiger partial charge is 0.489 e. The molecular weight excluding hydrogens is 549 g/mol. The number of rotatable bonds is 4. The summed E-state index contributed by atoms with van der Waals surface area (Å²) in [5.74, 6) is -0.189. The van der Waals surface area contributed by atoms with Crippen LogP contribution in [0.1, 0.15) is 31.2 Å². The predicted molar refractivity (Wildman–Crippen MR) is 153 cm³/mol. The van der Waals surface area contributed by atoms with Crippen molar-refractivity contribution in [2.45, 2.75) is 32.7 Å². The Hall–Kier alpha value is -4.38. The first-order valence-corrected chi connectivity index (χ1v) is 13.6. The number of piperazine rings is 1. The highest BCUT2D eigenvalue weighted by Gasteiger charge is 2.37. The van der Waals surface area contributed by atoms with Gasteiger partial charge in [-0.2, -0.15) is 4.98 Å². The molecule has 1 fully saturated rings. The molecule has 4 aromatic rings. The number of nitrogens with zero attached hydrogens (tertiary/aromatic N) is 7. The Balaban J connectivity index is 1.70. The number of benzene rings is 1. The number of hydrogen-bond donors (Lipinski definition) is 0. The standard InChI is InChI=1S/C29H27ClFN7O3/c1-5-20(39)36-10-11-37-17(12-36)13-41-26-21-27(37)35-29(40)38(25-16(4)32-14-33-23(25)15(2)3)28(21)34-24(22(26)30)18-8-6-7-9-19(18)31/h5-9,14-15,17H,1,10-13H2,2-4H3/t17-/m1/s1. The van der Waals surface area contributed by atoms with E-state index in [-0.39, 0.29) is 52.2 Å². The smallest absolute Gasteiger partial charge is 0.355 e. The monoisotopic (exact) mass is 575 g/mol. The van der Waals surface area contributed by atoms with Crippen LogP contribution in [0.5, 0.6) is 5.75 Å². The summed E-state index contributed by atoms with van der Waals surface area (Å²) in [5, 5.41) is 0.512. The molecule has 41 heavy (non-hydrogen) atoms. The van der Waals surface area contributed by atoms with E-state index in [1.54, 1.807) is 30.0 Å². The molecule has 0 N–H and O–H groups in total. The van der Waals surface area contributed by atoms with Crippen LogP contribution < -0.4 is 15.3 Å². The lowest BCUT2D eigenvalue weighted by atomic mass is 10.1. The molecule has 1 saturated heterocycles. The minimum atomic E-state index is -0.599. The van der Waals surface area contributed by atoms with E-state index in [2.05, 4.69) is 21.5 Å². The predicted octanol–water partition coefficient (Wildman–Crippen LogP) is 4.06. The van der Waals surface area contributed by atoms with Gasteiger partial charge in [0, 0.05) is 25.2 Å². The lowest BCUT2D eigenvalue weighted by Gasteiger charge is -2.40. The van der Waals surface area contributed by atoms with Gasteiger partial charge in [0.1, 0.15) is 35.0 Å². The van der Waals surface area contributed by atoms with E-state index >= 15 is 4.39 Å². The van der Waals surface area contributed by atoms with Crippen molar-refractivity contribution in [3.63, 3.8) is 0 Å². The summed E-state index contributed by atoms with van der Waals surface area (Å²) in [5.41, 5.74) is 1.52. The fourth-order valence-corrected chi connectivity index (χ4v) is 5.82. The van der Waals surface area contributed by atoms with Crippen LogP contribution in [0.4, 0.5) is 10.2 Å². The van der Waals surface area contributed by atoms with Crippen molar-refractivity contribution in [3.8, 4) is 22.7 Å². The van der Waals surface area contributed by atoms with E-state index < -0.39 is 11.5 Å². The quantitative estimate of drug-likeness (QED) is 0.335. The van der Waals surface area contributed by atoms with Crippen LogP contribution in [0.25, 0.3) is 28.0 Å². The molecule has 210 valence electrons. The minimum Gasteiger partial charge on any atom is -0.489 e. The van der Waals surface area contributed by atoms with Crippen molar-refractivity contribution in [3.05, 3.63) is 76.0 Å². The maximum atomic E-state index is 15.1. The minimum absolute atomic E-state index is 0.0575. The van der Waals surface area contributed by atoms with Crippen LogP contribution >= 0.6 is 11.6 Å². The van der Waals surface area contributed by atoms with Crippen molar-refractivity contribution in [2.24, 2.45) is 0 Å². The number of ether oxygens (including phenoxy) is 1. The first kappa shape index (κ1) is 26.8. The molecule has 3 aromatic heterocycles. The number of fused-ring (bicyclic) bond motifs is 2. The van der Waals surface area contributed by atoms with Gasteiger partial charge in [-0.15, -0.1) is 0 Å². The highest BCUT2D eigenvalue weighted by atomic mass is 35.5. The van der Waals surface area contributed by atoms with Crippen molar-refractivity contribution < 1.29 is 13.9 Å². The van der Waals surface area contributed by atoms with E-state index in [1.165, 1.54) is 23.0 Å². The fraction of sp³-hybridized carbons (Fsp3) is 0.310. The fourth-order valence-electron chi connectivity index (χ4n) is 5.53. The number of aromatic nitrogens is 5. The van der Waals surface area contributed by atoms with Crippen molar-refractivity contribution in [2.75, 3.05) is 31.1 Å². The van der Waals surface area contributed by atoms with Crippen LogP contribution in [0.15, 0.2) is 48.0 Å². The molecule has 0 spiro atoms. The molecule has 1 aromatic carbocycles. The van der Waals surface area contributed by atoms with Gasteiger partial charge in [0.2, 0.25) is 5.91 Å². The zero-order chi connectivity index (χ0) is 29.0. The van der Waals surface area contributed by atoms with Gasteiger partial charge in [-0.05, 0) is 31.1 Å². The summed E-state index contributed by atoms with van der Waals surface area (Å²) >= 11 is 6.93. The topological polar surface area (TPSA) is 106 Å². The molecule has 5 heterocycles. The number of halogens is 2. The van der Waals surface area contributed by atoms with Crippen molar-refractivity contribution in [1.82, 2.24) is 29.4 Å². The Bertz CT molecular complexity index is 1790. The van der Waals surface area contributed by atoms with Gasteiger partial charge in [-0.25, -0.2) is 28.7 Å². The number of carbonyl (C=O) groups excluding carboxylic acids is 1. The van der Waals surface area contributed by atoms with E-state index in [0.29, 0.717) is 47.9 Å². The second-order valence-corrected chi connectivity index (χ2v) is 10.7. The first-order chi connectivity index (χ1) is 19.7. The summed E-state index contributed by atoms with van der Waals surface area (Å²) in [6.45, 7) is 10.6. The number of hydrogen-bond acceptors (Lipinski definition) is 8. The van der Waals surface area contributed by atoms with Crippen LogP contribution in [-0.2, 0) is 4.79 Å². The van der Waals surface area contributed by atoms with Gasteiger partial charge in [-0.3, -0.25) is 4.79 Å². The molecule has 0 aliphatic carbocycles. The van der Waals surface area contributed by atoms with E-state index in [9.17, 15) is 9.59 Å². The second kappa shape index (κ2) is 10.2. The second-order valence-electron chi connectivity index (χ2n) is 10.3. The molecule has 0 radical (unpaired) electrons. The van der Waals surface area contributed by atoms with Gasteiger partial charge < -0.3 is 14.5 Å². The van der Waals surface area contributed by atoms with Gasteiger partial charge in [-0.1, -0.05) is 44.2 Å². The third-order valence-corrected chi connectivity index (χ3v) is 7.85. The Labute approximate surface area is 240 Å². The molecule has 12 heteroatoms. The van der Waals surface area contributed by atoms with Crippen LogP contribution in [0, 0.1) is 12.7 Å². The van der Waals surface area contributed by atoms with Gasteiger partial charge in [0.25, 0.3) is 0 Å². The Kier molecular flexibility index (Phi) is 6.69. The van der Waals surface area contributed by atoms with Crippen LogP contribution in [0.2, 0.25) is 5.02 Å². The summed E-state index contributed by atoms with van der Waals surface area (Å²) in [7, 11) is 0. The summed E-state index contributed by atoms with van der Waals surface area (Å²) in [6.07, 6.45) is 2.73. The van der Waals surface area contributed by atoms with Gasteiger partial charge in [0.05, 0.1) is 28.8 Å². The summed E-state index contributed by atoms with van der Waals surface area (Å²) in [4.78, 5) is 48.2. The summed E-state index contributed by atoms with van der Waals surface area (Å²) in [6, 6.07) is 5.82. The van der Waals surface area contributed by atoms with Crippen molar-refractivity contribution >= 4 is 34.4 Å². The maximum absolute atomic E-state index is 15.1. The normalized spacial score (nSPS) is 16.4. The van der Waals surface area contributed by atoms with Crippen LogP contribution in [-0.4, -0.2) is 67.6 Å². The average Bonchev–Trinajstić information content (AvgIpc) is 3.12. The van der Waals surface area contributed by atoms with E-state index in [4.69, 9.17) is 21.3 Å². The van der Waals surface area contributed by atoms with Crippen molar-refractivity contribution in [1.29, 1.82) is 0 Å². The number of anilines is 1. The summed E-state index contributed by atoms with van der Waals surface area (Å²) < 4.78 is 22.8. The zero-order valence-corrected chi connectivity index (χ0v) is 23.5. The average molecular weight is 576 g/mol. The maximum Gasteiger partial charge on any atom is 0.355 e. The van der Waals surface area contributed by atoms with E-state index in [0.717, 1.165) is 0 Å². The first-order valence-electron chi connectivity index (χ1n) is 13.2. The number of aryl methyl sites for hydroxylation is 1. The molecule has 0 saturated carbocycles. The SMILES string of the molecule is C=CC(=O)N1CCN2c3nc(=O)n(-c4c(C)ncnc4C(C)C)c4nc(-c5ccccc5F)c(Cl)c(c34)OC[C@H]2C1. The zero-order valence-electron chi connectivity index (χ0n) is 22.8. The lowest BCUT2D eigenvalue weighted by Crippen LogP contribution is -2.56. The molecule has 10 nitrogen and oxygen atoms in total. The number of carbonyl (C=O) groups is 1. The molecule has 2 aliphatic heterocycles. The molecule has 0 bridgehead atoms. The van der Waals surface area contributed by atoms with Gasteiger partial charge >= 0.3 is 5.69 Å². The molecule has 2 aliphatic rings. The molecular formula is C29H27ClFN7O3. The Morgan fingerprint density at radius 3 is 2.73 bits per heavy atom. The van der Waals surface area contributed by atoms with Crippen LogP contribution in [0.3, 0.4) is 0 Å². The van der Waals surface area contributed by atoms with Gasteiger partial charge in [0.15, 0.2) is 11.4 Å². The Morgan fingerprint density at radius 2 is 2.00 bits per heavy atom. The number of pyridine rings is 1. The molecule has 1 atom stereocenters. The van der Waals surface area contributed by atoms with E-state index in [1.807, 2.05) is 18.7 Å².